The van der Waals surface area contributed by atoms with Gasteiger partial charge in [-0.15, -0.1) is 0 Å². The molecule has 1 aromatic rings. The lowest BCUT2D eigenvalue weighted by molar-refractivity contribution is 0.942. The van der Waals surface area contributed by atoms with Crippen molar-refractivity contribution in [2.45, 2.75) is 0 Å². The summed E-state index contributed by atoms with van der Waals surface area (Å²) in [5.74, 6) is 5.32. The summed E-state index contributed by atoms with van der Waals surface area (Å²) in [4.78, 5) is 10.6. The predicted molar refractivity (Wildman–Crippen MR) is 37.4 cm³/mol. The lowest BCUT2D eigenvalue weighted by Crippen LogP contribution is -2.26. The number of aromatic amines is 1. The van der Waals surface area contributed by atoms with Crippen molar-refractivity contribution in [3.8, 4) is 0 Å². The largest absolute Gasteiger partial charge is 0.312 e. The molecule has 5 nitrogen and oxygen atoms in total. The van der Waals surface area contributed by atoms with E-state index in [0.717, 1.165) is 0 Å². The van der Waals surface area contributed by atoms with Crippen molar-refractivity contribution in [1.82, 2.24) is 10.2 Å². The van der Waals surface area contributed by atoms with E-state index in [4.69, 9.17) is 5.84 Å². The summed E-state index contributed by atoms with van der Waals surface area (Å²) in [7, 11) is 1.64. The third-order valence-corrected chi connectivity index (χ3v) is 1.06. The van der Waals surface area contributed by atoms with Crippen LogP contribution in [-0.4, -0.2) is 17.2 Å². The van der Waals surface area contributed by atoms with Gasteiger partial charge < -0.3 is 5.01 Å². The van der Waals surface area contributed by atoms with Crippen molar-refractivity contribution in [3.63, 3.8) is 0 Å². The maximum atomic E-state index is 10.6. The molecular weight excluding hydrogens is 132 g/mol. The number of hydrogen-bond donors (Lipinski definition) is 2. The highest BCUT2D eigenvalue weighted by molar-refractivity contribution is 5.39. The molecule has 1 heterocycles. The lowest BCUT2D eigenvalue weighted by atomic mass is 10.5. The van der Waals surface area contributed by atoms with Crippen molar-refractivity contribution in [2.24, 2.45) is 5.84 Å². The zero-order valence-electron chi connectivity index (χ0n) is 5.53. The standard InChI is InChI=1S/C5H8N4O/c1-9(6)4-2-5(10)8-7-3-4/h2-3H,6H2,1H3,(H,8,10). The predicted octanol–water partition coefficient (Wildman–Crippen LogP) is -0.920. The number of rotatable bonds is 1. The van der Waals surface area contributed by atoms with Crippen LogP contribution in [0.25, 0.3) is 0 Å². The molecule has 0 aliphatic carbocycles. The van der Waals surface area contributed by atoms with Crippen LogP contribution in [0.5, 0.6) is 0 Å². The molecule has 54 valence electrons. The van der Waals surface area contributed by atoms with Gasteiger partial charge in [-0.2, -0.15) is 5.10 Å². The minimum atomic E-state index is -0.255. The van der Waals surface area contributed by atoms with E-state index in [1.807, 2.05) is 0 Å². The van der Waals surface area contributed by atoms with Gasteiger partial charge in [0.05, 0.1) is 11.9 Å². The maximum absolute atomic E-state index is 10.6. The van der Waals surface area contributed by atoms with Gasteiger partial charge in [0, 0.05) is 13.1 Å². The second-order valence-corrected chi connectivity index (χ2v) is 1.91. The molecule has 0 aromatic carbocycles. The fourth-order valence-corrected chi connectivity index (χ4v) is 0.559. The van der Waals surface area contributed by atoms with Gasteiger partial charge in [-0.05, 0) is 0 Å². The summed E-state index contributed by atoms with van der Waals surface area (Å²) in [5, 5.41) is 7.11. The van der Waals surface area contributed by atoms with Crippen LogP contribution in [-0.2, 0) is 0 Å². The van der Waals surface area contributed by atoms with Gasteiger partial charge in [-0.25, -0.2) is 10.9 Å². The molecule has 0 spiro atoms. The van der Waals surface area contributed by atoms with Crippen LogP contribution < -0.4 is 16.4 Å². The summed E-state index contributed by atoms with van der Waals surface area (Å²) in [6.45, 7) is 0. The number of H-pyrrole nitrogens is 1. The molecule has 1 aromatic heterocycles. The number of nitrogens with one attached hydrogen (secondary N) is 1. The molecule has 0 bridgehead atoms. The van der Waals surface area contributed by atoms with E-state index in [9.17, 15) is 4.79 Å². The van der Waals surface area contributed by atoms with Crippen LogP contribution >= 0.6 is 0 Å². The van der Waals surface area contributed by atoms with Gasteiger partial charge in [0.15, 0.2) is 0 Å². The second kappa shape index (κ2) is 2.49. The van der Waals surface area contributed by atoms with Crippen molar-refractivity contribution in [3.05, 3.63) is 22.6 Å². The first-order valence-electron chi connectivity index (χ1n) is 2.73. The molecule has 0 amide bonds. The molecule has 3 N–H and O–H groups in total. The van der Waals surface area contributed by atoms with Gasteiger partial charge in [0.2, 0.25) is 0 Å². The fraction of sp³-hybridized carbons (Fsp3) is 0.200. The molecule has 0 saturated heterocycles. The molecule has 0 saturated carbocycles. The smallest absolute Gasteiger partial charge is 0.266 e. The number of aromatic nitrogens is 2. The fourth-order valence-electron chi connectivity index (χ4n) is 0.559. The third kappa shape index (κ3) is 1.32. The summed E-state index contributed by atoms with van der Waals surface area (Å²) >= 11 is 0. The molecule has 10 heavy (non-hydrogen) atoms. The van der Waals surface area contributed by atoms with E-state index in [1.54, 1.807) is 7.05 Å². The zero-order chi connectivity index (χ0) is 7.56. The topological polar surface area (TPSA) is 75.0 Å². The Kier molecular flexibility index (Phi) is 1.68. The van der Waals surface area contributed by atoms with E-state index in [1.165, 1.54) is 17.3 Å². The highest BCUT2D eigenvalue weighted by atomic mass is 16.1. The van der Waals surface area contributed by atoms with Crippen LogP contribution in [0.3, 0.4) is 0 Å². The van der Waals surface area contributed by atoms with E-state index in [2.05, 4.69) is 10.2 Å². The maximum Gasteiger partial charge on any atom is 0.266 e. The van der Waals surface area contributed by atoms with Crippen LogP contribution in [0.4, 0.5) is 5.69 Å². The Bertz CT molecular complexity index is 266. The first kappa shape index (κ1) is 6.76. The van der Waals surface area contributed by atoms with Gasteiger partial charge in [0.25, 0.3) is 5.56 Å². The van der Waals surface area contributed by atoms with Crippen molar-refractivity contribution >= 4 is 5.69 Å². The first-order chi connectivity index (χ1) is 4.70. The number of hydrogen-bond acceptors (Lipinski definition) is 4. The van der Waals surface area contributed by atoms with Crippen molar-refractivity contribution in [1.29, 1.82) is 0 Å². The highest BCUT2D eigenvalue weighted by Crippen LogP contribution is 1.99. The van der Waals surface area contributed by atoms with Crippen molar-refractivity contribution in [2.75, 3.05) is 12.1 Å². The number of nitrogens with two attached hydrogens (primary N) is 1. The number of hydrazine groups is 1. The van der Waals surface area contributed by atoms with Gasteiger partial charge in [-0.3, -0.25) is 4.79 Å². The molecule has 0 fully saturated rings. The molecule has 5 heteroatoms. The Labute approximate surface area is 57.4 Å². The molecule has 0 atom stereocenters. The van der Waals surface area contributed by atoms with E-state index in [0.29, 0.717) is 5.69 Å². The minimum absolute atomic E-state index is 0.255. The Morgan fingerprint density at radius 2 is 2.50 bits per heavy atom. The third-order valence-electron chi connectivity index (χ3n) is 1.06. The molecule has 0 aliphatic heterocycles. The molecule has 0 radical (unpaired) electrons. The Morgan fingerprint density at radius 3 is 2.90 bits per heavy atom. The average molecular weight is 140 g/mol. The van der Waals surface area contributed by atoms with Gasteiger partial charge >= 0.3 is 0 Å². The van der Waals surface area contributed by atoms with Crippen LogP contribution in [0, 0.1) is 0 Å². The number of anilines is 1. The van der Waals surface area contributed by atoms with Crippen LogP contribution in [0.1, 0.15) is 0 Å². The molecule has 0 unspecified atom stereocenters. The summed E-state index contributed by atoms with van der Waals surface area (Å²) in [6.07, 6.45) is 1.47. The lowest BCUT2D eigenvalue weighted by Gasteiger charge is -2.08. The minimum Gasteiger partial charge on any atom is -0.312 e. The van der Waals surface area contributed by atoms with Crippen molar-refractivity contribution < 1.29 is 0 Å². The highest BCUT2D eigenvalue weighted by Gasteiger charge is 1.93. The monoisotopic (exact) mass is 140 g/mol. The Hall–Kier alpha value is -1.36. The van der Waals surface area contributed by atoms with Crippen LogP contribution in [0.2, 0.25) is 0 Å². The van der Waals surface area contributed by atoms with Crippen LogP contribution in [0.15, 0.2) is 17.1 Å². The Morgan fingerprint density at radius 1 is 1.80 bits per heavy atom. The quantitative estimate of drug-likeness (QED) is 0.390. The van der Waals surface area contributed by atoms with Gasteiger partial charge in [-0.1, -0.05) is 0 Å². The first-order valence-corrected chi connectivity index (χ1v) is 2.73. The van der Waals surface area contributed by atoms with E-state index < -0.39 is 0 Å². The average Bonchev–Trinajstić information content (AvgIpc) is 1.88. The Balaban J connectivity index is 3.07. The number of nitrogens with zero attached hydrogens (tertiary/aromatic N) is 2. The van der Waals surface area contributed by atoms with E-state index in [-0.39, 0.29) is 5.56 Å². The van der Waals surface area contributed by atoms with Gasteiger partial charge in [0.1, 0.15) is 0 Å². The summed E-state index contributed by atoms with van der Waals surface area (Å²) < 4.78 is 0. The molecule has 0 aliphatic rings. The normalized spacial score (nSPS) is 9.40. The summed E-state index contributed by atoms with van der Waals surface area (Å²) in [6, 6.07) is 1.37. The van der Waals surface area contributed by atoms with E-state index >= 15 is 0 Å². The second-order valence-electron chi connectivity index (χ2n) is 1.91. The zero-order valence-corrected chi connectivity index (χ0v) is 5.53. The summed E-state index contributed by atoms with van der Waals surface area (Å²) in [5.41, 5.74) is 0.332. The molecular formula is C5H8N4O. The SMILES string of the molecule is CN(N)c1cn[nH]c(=O)c1. The molecule has 1 rings (SSSR count).